The number of nitrogens with zero attached hydrogens (tertiary/aromatic N) is 4. The molecule has 7 nitrogen and oxygen atoms in total. The van der Waals surface area contributed by atoms with Crippen LogP contribution in [0.4, 0.5) is 5.82 Å². The molecule has 1 amide bonds. The molecule has 5 rings (SSSR count). The summed E-state index contributed by atoms with van der Waals surface area (Å²) in [6.45, 7) is 2.58. The Morgan fingerprint density at radius 1 is 0.794 bits per heavy atom. The van der Waals surface area contributed by atoms with E-state index in [0.29, 0.717) is 43.2 Å². The largest absolute Gasteiger partial charge is 0.497 e. The van der Waals surface area contributed by atoms with Gasteiger partial charge in [0.2, 0.25) is 0 Å². The van der Waals surface area contributed by atoms with Crippen molar-refractivity contribution in [3.05, 3.63) is 78.4 Å². The summed E-state index contributed by atoms with van der Waals surface area (Å²) in [6, 6.07) is 23.9. The summed E-state index contributed by atoms with van der Waals surface area (Å²) in [5.74, 6) is 1.95. The first-order valence-electron chi connectivity index (χ1n) is 11.3. The highest BCUT2D eigenvalue weighted by atomic mass is 16.5. The minimum Gasteiger partial charge on any atom is -0.497 e. The molecule has 1 aromatic heterocycles. The maximum Gasteiger partial charge on any atom is 0.257 e. The molecule has 1 aliphatic heterocycles. The lowest BCUT2D eigenvalue weighted by Crippen LogP contribution is -2.49. The molecular weight excluding hydrogens is 428 g/mol. The predicted octanol–water partition coefficient (Wildman–Crippen LogP) is 4.28. The van der Waals surface area contributed by atoms with Gasteiger partial charge >= 0.3 is 0 Å². The second-order valence-electron chi connectivity index (χ2n) is 8.18. The Hall–Kier alpha value is -4.13. The fourth-order valence-corrected chi connectivity index (χ4v) is 4.28. The number of aromatic nitrogens is 2. The van der Waals surface area contributed by atoms with E-state index < -0.39 is 0 Å². The summed E-state index contributed by atoms with van der Waals surface area (Å²) in [7, 11) is 3.15. The Morgan fingerprint density at radius 3 is 2.29 bits per heavy atom. The maximum absolute atomic E-state index is 13.1. The number of methoxy groups -OCH3 is 2. The quantitative estimate of drug-likeness (QED) is 0.449. The summed E-state index contributed by atoms with van der Waals surface area (Å²) in [4.78, 5) is 17.1. The van der Waals surface area contributed by atoms with Crippen LogP contribution in [0.5, 0.6) is 11.5 Å². The third-order valence-electron chi connectivity index (χ3n) is 6.23. The first-order chi connectivity index (χ1) is 16.7. The molecule has 2 heterocycles. The lowest BCUT2D eigenvalue weighted by molar-refractivity contribution is 0.0743. The van der Waals surface area contributed by atoms with Gasteiger partial charge in [-0.15, -0.1) is 10.2 Å². The number of hydrogen-bond donors (Lipinski definition) is 0. The van der Waals surface area contributed by atoms with E-state index in [1.54, 1.807) is 32.4 Å². The van der Waals surface area contributed by atoms with Gasteiger partial charge in [0, 0.05) is 37.8 Å². The molecule has 0 aliphatic carbocycles. The average Bonchev–Trinajstić information content (AvgIpc) is 2.92. The third kappa shape index (κ3) is 4.24. The summed E-state index contributed by atoms with van der Waals surface area (Å²) in [5.41, 5.74) is 2.42. The molecule has 4 aromatic rings. The Kier molecular flexibility index (Phi) is 5.99. The lowest BCUT2D eigenvalue weighted by Gasteiger charge is -2.35. The van der Waals surface area contributed by atoms with Gasteiger partial charge in [0.25, 0.3) is 5.91 Å². The minimum absolute atomic E-state index is 0.0445. The number of piperazine rings is 1. The van der Waals surface area contributed by atoms with Gasteiger partial charge < -0.3 is 19.3 Å². The van der Waals surface area contributed by atoms with E-state index in [0.717, 1.165) is 17.1 Å². The molecule has 7 heteroatoms. The summed E-state index contributed by atoms with van der Waals surface area (Å²) >= 11 is 0. The summed E-state index contributed by atoms with van der Waals surface area (Å²) < 4.78 is 10.6. The van der Waals surface area contributed by atoms with Crippen LogP contribution in [0.2, 0.25) is 0 Å². The van der Waals surface area contributed by atoms with Crippen LogP contribution in [0.3, 0.4) is 0 Å². The second-order valence-corrected chi connectivity index (χ2v) is 8.18. The Balaban J connectivity index is 1.25. The maximum atomic E-state index is 13.1. The molecule has 34 heavy (non-hydrogen) atoms. The van der Waals surface area contributed by atoms with Gasteiger partial charge in [0.15, 0.2) is 5.82 Å². The van der Waals surface area contributed by atoms with Crippen molar-refractivity contribution in [1.82, 2.24) is 15.1 Å². The molecule has 1 saturated heterocycles. The van der Waals surface area contributed by atoms with Gasteiger partial charge in [-0.05, 0) is 41.1 Å². The number of rotatable bonds is 5. The van der Waals surface area contributed by atoms with Crippen LogP contribution in [-0.2, 0) is 0 Å². The van der Waals surface area contributed by atoms with Crippen molar-refractivity contribution in [2.24, 2.45) is 0 Å². The van der Waals surface area contributed by atoms with Crippen molar-refractivity contribution in [3.63, 3.8) is 0 Å². The first kappa shape index (κ1) is 21.7. The molecule has 1 aliphatic rings. The fraction of sp³-hybridized carbons (Fsp3) is 0.222. The second kappa shape index (κ2) is 9.39. The molecule has 0 atom stereocenters. The zero-order valence-electron chi connectivity index (χ0n) is 19.3. The van der Waals surface area contributed by atoms with Crippen LogP contribution < -0.4 is 14.4 Å². The Morgan fingerprint density at radius 2 is 1.59 bits per heavy atom. The van der Waals surface area contributed by atoms with Gasteiger partial charge in [-0.25, -0.2) is 0 Å². The van der Waals surface area contributed by atoms with Crippen LogP contribution >= 0.6 is 0 Å². The van der Waals surface area contributed by atoms with E-state index in [4.69, 9.17) is 9.47 Å². The van der Waals surface area contributed by atoms with E-state index in [1.807, 2.05) is 29.2 Å². The van der Waals surface area contributed by atoms with Crippen molar-refractivity contribution in [1.29, 1.82) is 0 Å². The van der Waals surface area contributed by atoms with Crippen molar-refractivity contribution in [2.75, 3.05) is 45.3 Å². The highest BCUT2D eigenvalue weighted by Gasteiger charge is 2.25. The van der Waals surface area contributed by atoms with Gasteiger partial charge in [-0.3, -0.25) is 4.79 Å². The normalized spacial score (nSPS) is 13.7. The number of ether oxygens (including phenoxy) is 2. The molecule has 0 bridgehead atoms. The zero-order chi connectivity index (χ0) is 23.5. The van der Waals surface area contributed by atoms with Gasteiger partial charge in [-0.2, -0.15) is 0 Å². The zero-order valence-corrected chi connectivity index (χ0v) is 19.3. The van der Waals surface area contributed by atoms with Crippen molar-refractivity contribution < 1.29 is 14.3 Å². The smallest absolute Gasteiger partial charge is 0.257 e. The van der Waals surface area contributed by atoms with Crippen LogP contribution in [0.15, 0.2) is 72.8 Å². The van der Waals surface area contributed by atoms with E-state index >= 15 is 0 Å². The van der Waals surface area contributed by atoms with E-state index in [-0.39, 0.29) is 5.91 Å². The Labute approximate surface area is 198 Å². The number of hydrogen-bond acceptors (Lipinski definition) is 6. The minimum atomic E-state index is -0.0445. The average molecular weight is 455 g/mol. The van der Waals surface area contributed by atoms with Crippen LogP contribution in [0, 0.1) is 0 Å². The van der Waals surface area contributed by atoms with E-state index in [1.165, 1.54) is 10.8 Å². The highest BCUT2D eigenvalue weighted by molar-refractivity contribution is 5.97. The summed E-state index contributed by atoms with van der Waals surface area (Å²) in [5, 5.41) is 11.3. The molecule has 0 saturated carbocycles. The van der Waals surface area contributed by atoms with Gasteiger partial charge in [0.1, 0.15) is 11.5 Å². The molecule has 172 valence electrons. The number of amides is 1. The number of anilines is 1. The SMILES string of the molecule is COc1ccc(C(=O)N2CCN(c3ccc(-c4ccc5ccccc5c4)nn3)CC2)c(OC)c1. The Bertz CT molecular complexity index is 1320. The van der Waals surface area contributed by atoms with E-state index in [9.17, 15) is 4.79 Å². The number of benzene rings is 3. The predicted molar refractivity (Wildman–Crippen MR) is 133 cm³/mol. The molecule has 0 spiro atoms. The standard InChI is InChI=1S/C27H26N4O3/c1-33-22-9-10-23(25(18-22)34-2)27(32)31-15-13-30(14-16-31)26-12-11-24(28-29-26)21-8-7-19-5-3-4-6-20(19)17-21/h3-12,17-18H,13-16H2,1-2H3. The van der Waals surface area contributed by atoms with Crippen molar-refractivity contribution >= 4 is 22.5 Å². The van der Waals surface area contributed by atoms with Crippen molar-refractivity contribution in [2.45, 2.75) is 0 Å². The molecule has 0 N–H and O–H groups in total. The lowest BCUT2D eigenvalue weighted by atomic mass is 10.1. The monoisotopic (exact) mass is 454 g/mol. The molecule has 1 fully saturated rings. The summed E-state index contributed by atoms with van der Waals surface area (Å²) in [6.07, 6.45) is 0. The number of fused-ring (bicyclic) bond motifs is 1. The van der Waals surface area contributed by atoms with Crippen LogP contribution in [0.25, 0.3) is 22.0 Å². The van der Waals surface area contributed by atoms with Crippen LogP contribution in [0.1, 0.15) is 10.4 Å². The fourth-order valence-electron chi connectivity index (χ4n) is 4.28. The first-order valence-corrected chi connectivity index (χ1v) is 11.3. The van der Waals surface area contributed by atoms with Crippen molar-refractivity contribution in [3.8, 4) is 22.8 Å². The van der Waals surface area contributed by atoms with Gasteiger partial charge in [0.05, 0.1) is 25.5 Å². The highest BCUT2D eigenvalue weighted by Crippen LogP contribution is 2.27. The molecule has 0 unspecified atom stereocenters. The van der Waals surface area contributed by atoms with Gasteiger partial charge in [-0.1, -0.05) is 36.4 Å². The molecular formula is C27H26N4O3. The van der Waals surface area contributed by atoms with E-state index in [2.05, 4.69) is 45.4 Å². The van der Waals surface area contributed by atoms with Crippen LogP contribution in [-0.4, -0.2) is 61.4 Å². The number of carbonyl (C=O) groups excluding carboxylic acids is 1. The molecule has 3 aromatic carbocycles. The number of carbonyl (C=O) groups is 1. The topological polar surface area (TPSA) is 67.8 Å². The third-order valence-corrected chi connectivity index (χ3v) is 6.23. The molecule has 0 radical (unpaired) electrons.